The first-order valence-electron chi connectivity index (χ1n) is 9.40. The first-order chi connectivity index (χ1) is 15.5. The molecule has 1 aliphatic rings. The number of thiazole rings is 1. The van der Waals surface area contributed by atoms with Crippen LogP contribution in [0.25, 0.3) is 16.0 Å². The molecule has 4 aromatic rings. The van der Waals surface area contributed by atoms with Crippen LogP contribution >= 0.6 is 11.3 Å². The van der Waals surface area contributed by atoms with Gasteiger partial charge in [-0.3, -0.25) is 24.6 Å². The second kappa shape index (κ2) is 7.43. The number of aromatic nitrogens is 1. The summed E-state index contributed by atoms with van der Waals surface area (Å²) in [6.07, 6.45) is 1.39. The number of aliphatic hydroxyl groups excluding tert-OH is 1. The third-order valence-electron chi connectivity index (χ3n) is 5.08. The van der Waals surface area contributed by atoms with E-state index in [0.29, 0.717) is 5.52 Å². The summed E-state index contributed by atoms with van der Waals surface area (Å²) >= 11 is 1.22. The maximum absolute atomic E-state index is 13.1. The van der Waals surface area contributed by atoms with Crippen LogP contribution in [-0.2, 0) is 9.59 Å². The van der Waals surface area contributed by atoms with E-state index in [2.05, 4.69) is 4.98 Å². The molecule has 1 aliphatic heterocycles. The minimum absolute atomic E-state index is 0.0399. The molecule has 0 saturated carbocycles. The van der Waals surface area contributed by atoms with E-state index in [9.17, 15) is 24.8 Å². The highest BCUT2D eigenvalue weighted by Gasteiger charge is 2.49. The Morgan fingerprint density at radius 1 is 1.12 bits per heavy atom. The predicted octanol–water partition coefficient (Wildman–Crippen LogP) is 4.42. The highest BCUT2D eigenvalue weighted by molar-refractivity contribution is 7.22. The van der Waals surface area contributed by atoms with E-state index in [1.165, 1.54) is 40.7 Å². The van der Waals surface area contributed by atoms with Crippen LogP contribution in [0.2, 0.25) is 0 Å². The average molecular weight is 447 g/mol. The zero-order chi connectivity index (χ0) is 22.4. The van der Waals surface area contributed by atoms with E-state index in [1.807, 2.05) is 18.2 Å². The molecule has 1 saturated heterocycles. The Hall–Kier alpha value is -4.31. The number of nitrogens with zero attached hydrogens (tertiary/aromatic N) is 3. The Morgan fingerprint density at radius 2 is 1.94 bits per heavy atom. The number of carbonyl (C=O) groups excluding carboxylic acids is 2. The zero-order valence-electron chi connectivity index (χ0n) is 16.2. The molecule has 2 aromatic carbocycles. The number of non-ortho nitro benzene ring substituents is 1. The molecule has 10 heteroatoms. The van der Waals surface area contributed by atoms with Crippen molar-refractivity contribution in [1.29, 1.82) is 0 Å². The van der Waals surface area contributed by atoms with Crippen LogP contribution in [0.4, 0.5) is 10.8 Å². The predicted molar refractivity (Wildman–Crippen MR) is 116 cm³/mol. The summed E-state index contributed by atoms with van der Waals surface area (Å²) in [7, 11) is 0. The van der Waals surface area contributed by atoms with E-state index in [0.717, 1.165) is 10.8 Å². The number of furan rings is 1. The Balaban J connectivity index is 1.71. The van der Waals surface area contributed by atoms with Gasteiger partial charge in [-0.2, -0.15) is 0 Å². The van der Waals surface area contributed by atoms with Crippen molar-refractivity contribution < 1.29 is 24.0 Å². The number of benzene rings is 2. The quantitative estimate of drug-likeness (QED) is 0.161. The van der Waals surface area contributed by atoms with Crippen molar-refractivity contribution in [3.05, 3.63) is 93.9 Å². The number of anilines is 1. The van der Waals surface area contributed by atoms with E-state index < -0.39 is 28.4 Å². The van der Waals surface area contributed by atoms with Gasteiger partial charge in [-0.25, -0.2) is 4.98 Å². The molecule has 1 N–H and O–H groups in total. The summed E-state index contributed by atoms with van der Waals surface area (Å²) in [6.45, 7) is 0. The lowest BCUT2D eigenvalue weighted by atomic mass is 9.99. The third-order valence-corrected chi connectivity index (χ3v) is 6.11. The summed E-state index contributed by atoms with van der Waals surface area (Å²) < 4.78 is 6.32. The molecule has 1 unspecified atom stereocenters. The summed E-state index contributed by atoms with van der Waals surface area (Å²) in [5.74, 6) is -2.10. The number of amides is 1. The fraction of sp³-hybridized carbons (Fsp3) is 0.0455. The van der Waals surface area contributed by atoms with Gasteiger partial charge < -0.3 is 9.52 Å². The van der Waals surface area contributed by atoms with Gasteiger partial charge in [0.05, 0.1) is 27.0 Å². The molecule has 1 fully saturated rings. The number of rotatable bonds is 4. The van der Waals surface area contributed by atoms with Crippen LogP contribution in [0.1, 0.15) is 17.4 Å². The standard InChI is InChI=1S/C22H13N3O6S/c26-19(12-5-3-6-13(11-12)25(29)30)17-18(15-8-4-10-31-15)24(21(28)20(17)27)22-23-14-7-1-2-9-16(14)32-22/h1-11,18,26H/b19-17+. The van der Waals surface area contributed by atoms with Gasteiger partial charge in [-0.1, -0.05) is 35.6 Å². The largest absolute Gasteiger partial charge is 0.507 e. The SMILES string of the molecule is O=C1C(=O)N(c2nc3ccccc3s2)C(c2ccco2)/C1=C(\O)c1cccc([N+](=O)[O-])c1. The van der Waals surface area contributed by atoms with E-state index in [4.69, 9.17) is 4.42 Å². The Bertz CT molecular complexity index is 1390. The van der Waals surface area contributed by atoms with Crippen LogP contribution in [-0.4, -0.2) is 26.7 Å². The van der Waals surface area contributed by atoms with Crippen molar-refractivity contribution in [3.63, 3.8) is 0 Å². The third kappa shape index (κ3) is 3.05. The van der Waals surface area contributed by atoms with Crippen LogP contribution in [0.5, 0.6) is 0 Å². The van der Waals surface area contributed by atoms with Crippen LogP contribution in [0.3, 0.4) is 0 Å². The molecule has 158 valence electrons. The molecule has 1 amide bonds. The van der Waals surface area contributed by atoms with Crippen molar-refractivity contribution in [2.75, 3.05) is 4.90 Å². The van der Waals surface area contributed by atoms with Crippen LogP contribution < -0.4 is 4.90 Å². The van der Waals surface area contributed by atoms with Crippen molar-refractivity contribution in [2.24, 2.45) is 0 Å². The van der Waals surface area contributed by atoms with Gasteiger partial charge in [-0.05, 0) is 24.3 Å². The minimum atomic E-state index is -1.08. The van der Waals surface area contributed by atoms with Crippen molar-refractivity contribution in [1.82, 2.24) is 4.98 Å². The van der Waals surface area contributed by atoms with Crippen LogP contribution in [0.15, 0.2) is 76.9 Å². The van der Waals surface area contributed by atoms with Gasteiger partial charge in [0.25, 0.3) is 11.5 Å². The molecule has 32 heavy (non-hydrogen) atoms. The normalized spacial score (nSPS) is 17.9. The lowest BCUT2D eigenvalue weighted by molar-refractivity contribution is -0.384. The summed E-state index contributed by atoms with van der Waals surface area (Å²) in [5.41, 5.74) is 0.207. The number of carbonyl (C=O) groups is 2. The smallest absolute Gasteiger partial charge is 0.302 e. The van der Waals surface area contributed by atoms with Crippen molar-refractivity contribution >= 4 is 49.8 Å². The number of nitro groups is 1. The maximum Gasteiger partial charge on any atom is 0.302 e. The zero-order valence-corrected chi connectivity index (χ0v) is 17.0. The summed E-state index contributed by atoms with van der Waals surface area (Å²) in [6, 6.07) is 14.6. The fourth-order valence-electron chi connectivity index (χ4n) is 3.63. The van der Waals surface area contributed by atoms with Crippen LogP contribution in [0, 0.1) is 10.1 Å². The van der Waals surface area contributed by atoms with E-state index in [1.54, 1.807) is 18.2 Å². The molecule has 0 spiro atoms. The molecular weight excluding hydrogens is 434 g/mol. The number of hydrogen-bond acceptors (Lipinski definition) is 8. The lowest BCUT2D eigenvalue weighted by Crippen LogP contribution is -2.29. The van der Waals surface area contributed by atoms with Crippen molar-refractivity contribution in [3.8, 4) is 0 Å². The number of nitro benzene ring substituents is 1. The number of fused-ring (bicyclic) bond motifs is 1. The van der Waals surface area contributed by atoms with Gasteiger partial charge in [0.15, 0.2) is 5.13 Å². The van der Waals surface area contributed by atoms with Gasteiger partial charge in [-0.15, -0.1) is 0 Å². The summed E-state index contributed by atoms with van der Waals surface area (Å²) in [4.78, 5) is 42.3. The summed E-state index contributed by atoms with van der Waals surface area (Å²) in [5, 5.41) is 22.4. The second-order valence-electron chi connectivity index (χ2n) is 6.96. The van der Waals surface area contributed by atoms with Gasteiger partial charge in [0, 0.05) is 17.7 Å². The highest BCUT2D eigenvalue weighted by Crippen LogP contribution is 2.44. The van der Waals surface area contributed by atoms with E-state index in [-0.39, 0.29) is 27.7 Å². The Kier molecular flexibility index (Phi) is 4.56. The highest BCUT2D eigenvalue weighted by atomic mass is 32.1. The Labute approximate surface area is 184 Å². The van der Waals surface area contributed by atoms with E-state index >= 15 is 0 Å². The number of ketones is 1. The molecule has 9 nitrogen and oxygen atoms in total. The first-order valence-corrected chi connectivity index (χ1v) is 10.2. The minimum Gasteiger partial charge on any atom is -0.507 e. The maximum atomic E-state index is 13.1. The Morgan fingerprint density at radius 3 is 2.66 bits per heavy atom. The molecule has 5 rings (SSSR count). The molecule has 2 aromatic heterocycles. The molecule has 0 radical (unpaired) electrons. The average Bonchev–Trinajstić information content (AvgIpc) is 3.52. The van der Waals surface area contributed by atoms with Crippen molar-refractivity contribution in [2.45, 2.75) is 6.04 Å². The lowest BCUT2D eigenvalue weighted by Gasteiger charge is -2.20. The first kappa shape index (κ1) is 19.6. The molecule has 0 aliphatic carbocycles. The molecule has 3 heterocycles. The number of hydrogen-bond donors (Lipinski definition) is 1. The number of aliphatic hydroxyl groups is 1. The molecule has 0 bridgehead atoms. The number of para-hydroxylation sites is 1. The van der Waals surface area contributed by atoms with Gasteiger partial charge in [0.1, 0.15) is 17.6 Å². The second-order valence-corrected chi connectivity index (χ2v) is 7.97. The number of Topliss-reactive ketones (excluding diaryl/α,β-unsaturated/α-hetero) is 1. The monoisotopic (exact) mass is 447 g/mol. The topological polar surface area (TPSA) is 127 Å². The fourth-order valence-corrected chi connectivity index (χ4v) is 4.62. The molecule has 1 atom stereocenters. The molecular formula is C22H13N3O6S. The van der Waals surface area contributed by atoms with Gasteiger partial charge >= 0.3 is 5.91 Å². The van der Waals surface area contributed by atoms with Gasteiger partial charge in [0.2, 0.25) is 0 Å².